The molecule has 6 nitrogen and oxygen atoms in total. The molecule has 4 amide bonds. The summed E-state index contributed by atoms with van der Waals surface area (Å²) in [7, 11) is 1.52. The molecule has 1 saturated heterocycles. The van der Waals surface area contributed by atoms with Crippen LogP contribution in [0.15, 0.2) is 54.6 Å². The Hall–Kier alpha value is -3.15. The van der Waals surface area contributed by atoms with Gasteiger partial charge in [0.05, 0.1) is 19.3 Å². The van der Waals surface area contributed by atoms with Crippen molar-refractivity contribution in [1.29, 1.82) is 0 Å². The number of nitrogens with zero attached hydrogens (tertiary/aromatic N) is 2. The lowest BCUT2D eigenvalue weighted by atomic mass is 10.2. The van der Waals surface area contributed by atoms with Gasteiger partial charge in [-0.05, 0) is 29.8 Å². The molecule has 0 saturated carbocycles. The zero-order valence-corrected chi connectivity index (χ0v) is 12.4. The molecule has 0 N–H and O–H groups in total. The Kier molecular flexibility index (Phi) is 3.80. The van der Waals surface area contributed by atoms with Crippen molar-refractivity contribution < 1.29 is 19.1 Å². The number of rotatable bonds is 4. The van der Waals surface area contributed by atoms with Crippen LogP contribution in [0.25, 0.3) is 0 Å². The first-order valence-electron chi connectivity index (χ1n) is 6.99. The highest BCUT2D eigenvalue weighted by Gasteiger charge is 2.45. The van der Waals surface area contributed by atoms with Crippen LogP contribution in [0, 0.1) is 0 Å². The molecule has 6 heteroatoms. The van der Waals surface area contributed by atoms with E-state index in [0.717, 1.165) is 15.4 Å². The number of anilines is 1. The van der Waals surface area contributed by atoms with E-state index in [1.165, 1.54) is 7.11 Å². The van der Waals surface area contributed by atoms with Crippen molar-refractivity contribution in [2.45, 2.75) is 6.54 Å². The van der Waals surface area contributed by atoms with Gasteiger partial charge in [0.25, 0.3) is 0 Å². The molecule has 23 heavy (non-hydrogen) atoms. The molecule has 2 aromatic rings. The van der Waals surface area contributed by atoms with E-state index in [9.17, 15) is 14.4 Å². The van der Waals surface area contributed by atoms with Gasteiger partial charge in [0.2, 0.25) is 0 Å². The zero-order valence-electron chi connectivity index (χ0n) is 12.4. The molecule has 1 fully saturated rings. The number of carbonyl (C=O) groups excluding carboxylic acids is 3. The highest BCUT2D eigenvalue weighted by Crippen LogP contribution is 2.25. The number of ether oxygens (including phenoxy) is 1. The third kappa shape index (κ3) is 2.66. The van der Waals surface area contributed by atoms with Crippen LogP contribution in [0.3, 0.4) is 0 Å². The maximum absolute atomic E-state index is 12.5. The fourth-order valence-electron chi connectivity index (χ4n) is 2.37. The van der Waals surface area contributed by atoms with Crippen LogP contribution in [-0.4, -0.2) is 29.9 Å². The Morgan fingerprint density at radius 1 is 0.870 bits per heavy atom. The average molecular weight is 310 g/mol. The van der Waals surface area contributed by atoms with Crippen molar-refractivity contribution in [2.24, 2.45) is 0 Å². The summed E-state index contributed by atoms with van der Waals surface area (Å²) in [4.78, 5) is 38.6. The third-order valence-corrected chi connectivity index (χ3v) is 3.57. The standard InChI is InChI=1S/C17H14N2O4/c1-23-14-9-7-13(8-10-14)19-16(21)15(20)18(17(19)22)11-12-5-3-2-4-6-12/h2-10H,11H2,1H3. The summed E-state index contributed by atoms with van der Waals surface area (Å²) in [6, 6.07) is 14.8. The summed E-state index contributed by atoms with van der Waals surface area (Å²) in [6.45, 7) is 0.0664. The molecule has 0 bridgehead atoms. The number of urea groups is 1. The van der Waals surface area contributed by atoms with Gasteiger partial charge in [-0.25, -0.2) is 9.69 Å². The molecule has 1 aliphatic rings. The van der Waals surface area contributed by atoms with Crippen LogP contribution in [0.1, 0.15) is 5.56 Å². The van der Waals surface area contributed by atoms with Gasteiger partial charge in [0.15, 0.2) is 0 Å². The second kappa shape index (κ2) is 5.92. The van der Waals surface area contributed by atoms with E-state index in [2.05, 4.69) is 0 Å². The lowest BCUT2D eigenvalue weighted by Gasteiger charge is -2.15. The number of hydrogen-bond donors (Lipinski definition) is 0. The molecule has 0 aliphatic carbocycles. The minimum Gasteiger partial charge on any atom is -0.497 e. The summed E-state index contributed by atoms with van der Waals surface area (Å²) in [5.74, 6) is -1.08. The van der Waals surface area contributed by atoms with Crippen LogP contribution in [0.4, 0.5) is 10.5 Å². The maximum atomic E-state index is 12.5. The maximum Gasteiger partial charge on any atom is 0.339 e. The van der Waals surface area contributed by atoms with Crippen LogP contribution < -0.4 is 9.64 Å². The lowest BCUT2D eigenvalue weighted by molar-refractivity contribution is -0.139. The van der Waals surface area contributed by atoms with Gasteiger partial charge < -0.3 is 4.74 Å². The smallest absolute Gasteiger partial charge is 0.339 e. The van der Waals surface area contributed by atoms with E-state index in [1.54, 1.807) is 36.4 Å². The fourth-order valence-corrected chi connectivity index (χ4v) is 2.37. The van der Waals surface area contributed by atoms with Gasteiger partial charge in [-0.3, -0.25) is 14.5 Å². The Morgan fingerprint density at radius 3 is 2.13 bits per heavy atom. The Labute approximate surface area is 132 Å². The van der Waals surface area contributed by atoms with Crippen molar-refractivity contribution in [3.8, 4) is 5.75 Å². The molecule has 0 atom stereocenters. The van der Waals surface area contributed by atoms with E-state index in [0.29, 0.717) is 11.4 Å². The van der Waals surface area contributed by atoms with Crippen LogP contribution in [0.5, 0.6) is 5.75 Å². The van der Waals surface area contributed by atoms with Gasteiger partial charge in [-0.15, -0.1) is 0 Å². The summed E-state index contributed by atoms with van der Waals surface area (Å²) < 4.78 is 5.04. The van der Waals surface area contributed by atoms with E-state index in [-0.39, 0.29) is 6.54 Å². The number of benzene rings is 2. The van der Waals surface area contributed by atoms with Crippen molar-refractivity contribution >= 4 is 23.5 Å². The minimum atomic E-state index is -0.851. The van der Waals surface area contributed by atoms with Crippen molar-refractivity contribution in [2.75, 3.05) is 12.0 Å². The molecule has 1 aliphatic heterocycles. The van der Waals surface area contributed by atoms with E-state index in [4.69, 9.17) is 4.74 Å². The first-order valence-corrected chi connectivity index (χ1v) is 6.99. The van der Waals surface area contributed by atoms with E-state index >= 15 is 0 Å². The predicted molar refractivity (Wildman–Crippen MR) is 82.9 cm³/mol. The fraction of sp³-hybridized carbons (Fsp3) is 0.118. The number of hydrogen-bond acceptors (Lipinski definition) is 4. The van der Waals surface area contributed by atoms with Gasteiger partial charge in [-0.1, -0.05) is 30.3 Å². The van der Waals surface area contributed by atoms with E-state index < -0.39 is 17.8 Å². The van der Waals surface area contributed by atoms with Gasteiger partial charge >= 0.3 is 17.8 Å². The normalized spacial score (nSPS) is 14.6. The minimum absolute atomic E-state index is 0.0664. The van der Waals surface area contributed by atoms with E-state index in [1.807, 2.05) is 18.2 Å². The monoisotopic (exact) mass is 310 g/mol. The van der Waals surface area contributed by atoms with Gasteiger partial charge in [0, 0.05) is 0 Å². The quantitative estimate of drug-likeness (QED) is 0.641. The average Bonchev–Trinajstić information content (AvgIpc) is 2.80. The number of methoxy groups -OCH3 is 1. The van der Waals surface area contributed by atoms with Crippen molar-refractivity contribution in [1.82, 2.24) is 4.90 Å². The van der Waals surface area contributed by atoms with Gasteiger partial charge in [0.1, 0.15) is 5.75 Å². The van der Waals surface area contributed by atoms with Gasteiger partial charge in [-0.2, -0.15) is 0 Å². The van der Waals surface area contributed by atoms with Crippen LogP contribution in [-0.2, 0) is 16.1 Å². The molecule has 0 radical (unpaired) electrons. The highest BCUT2D eigenvalue weighted by molar-refractivity contribution is 6.52. The zero-order chi connectivity index (χ0) is 16.4. The number of imide groups is 2. The van der Waals surface area contributed by atoms with Crippen molar-refractivity contribution in [3.63, 3.8) is 0 Å². The Bertz CT molecular complexity index is 756. The number of carbonyl (C=O) groups is 3. The third-order valence-electron chi connectivity index (χ3n) is 3.57. The Morgan fingerprint density at radius 2 is 1.52 bits per heavy atom. The molecule has 116 valence electrons. The molecule has 0 spiro atoms. The van der Waals surface area contributed by atoms with Crippen LogP contribution >= 0.6 is 0 Å². The van der Waals surface area contributed by atoms with Crippen molar-refractivity contribution in [3.05, 3.63) is 60.2 Å². The second-order valence-corrected chi connectivity index (χ2v) is 5.00. The Balaban J connectivity index is 1.87. The molecular weight excluding hydrogens is 296 g/mol. The molecule has 3 rings (SSSR count). The first kappa shape index (κ1) is 14.8. The topological polar surface area (TPSA) is 66.9 Å². The largest absolute Gasteiger partial charge is 0.497 e. The molecule has 0 aromatic heterocycles. The summed E-state index contributed by atoms with van der Waals surface area (Å²) in [6.07, 6.45) is 0. The summed E-state index contributed by atoms with van der Waals surface area (Å²) in [5, 5.41) is 0. The second-order valence-electron chi connectivity index (χ2n) is 5.00. The number of amides is 4. The predicted octanol–water partition coefficient (Wildman–Crippen LogP) is 2.19. The summed E-state index contributed by atoms with van der Waals surface area (Å²) >= 11 is 0. The molecular formula is C17H14N2O4. The highest BCUT2D eigenvalue weighted by atomic mass is 16.5. The lowest BCUT2D eigenvalue weighted by Crippen LogP contribution is -2.33. The summed E-state index contributed by atoms with van der Waals surface area (Å²) in [5.41, 5.74) is 1.11. The first-order chi connectivity index (χ1) is 11.1. The van der Waals surface area contributed by atoms with Crippen LogP contribution in [0.2, 0.25) is 0 Å². The molecule has 2 aromatic carbocycles. The molecule has 1 heterocycles. The SMILES string of the molecule is COc1ccc(N2C(=O)C(=O)N(Cc3ccccc3)C2=O)cc1. The molecule has 0 unspecified atom stereocenters.